The van der Waals surface area contributed by atoms with Gasteiger partial charge in [0.1, 0.15) is 11.6 Å². The van der Waals surface area contributed by atoms with Gasteiger partial charge in [-0.2, -0.15) is 0 Å². The molecule has 0 amide bonds. The number of nitrogens with zero attached hydrogens (tertiary/aromatic N) is 2. The Kier molecular flexibility index (Phi) is 2.28. The van der Waals surface area contributed by atoms with Crippen LogP contribution in [0.1, 0.15) is 0 Å². The van der Waals surface area contributed by atoms with Crippen molar-refractivity contribution in [2.75, 3.05) is 19.2 Å². The van der Waals surface area contributed by atoms with Gasteiger partial charge in [-0.25, -0.2) is 10.8 Å². The molecule has 4 heteroatoms. The maximum Gasteiger partial charge on any atom is 0.145 e. The highest BCUT2D eigenvalue weighted by molar-refractivity contribution is 5.41. The van der Waals surface area contributed by atoms with Gasteiger partial charge in [0.25, 0.3) is 0 Å². The van der Waals surface area contributed by atoms with E-state index in [2.05, 4.69) is 4.98 Å². The number of pyridine rings is 1. The van der Waals surface area contributed by atoms with E-state index in [0.29, 0.717) is 5.82 Å². The highest BCUT2D eigenvalue weighted by Gasteiger charge is 1.97. The molecule has 0 spiro atoms. The molecule has 1 heterocycles. The average Bonchev–Trinajstić information content (AvgIpc) is 2.05. The molecule has 1 aromatic heterocycles. The summed E-state index contributed by atoms with van der Waals surface area (Å²) in [5.41, 5.74) is 0. The van der Waals surface area contributed by atoms with Crippen molar-refractivity contribution in [1.29, 1.82) is 0 Å². The summed E-state index contributed by atoms with van der Waals surface area (Å²) in [6.45, 7) is 0. The first-order valence-corrected chi connectivity index (χ1v) is 3.22. The zero-order valence-corrected chi connectivity index (χ0v) is 6.61. The zero-order valence-electron chi connectivity index (χ0n) is 6.61. The standard InChI is InChI=1S/C7H11N3O/c1-10(8)7-5-6(11-2)3-4-9-7/h3-5H,8H2,1-2H3. The van der Waals surface area contributed by atoms with Crippen LogP contribution in [0, 0.1) is 0 Å². The molecule has 0 fully saturated rings. The molecule has 0 saturated heterocycles. The normalized spacial score (nSPS) is 9.36. The van der Waals surface area contributed by atoms with Crippen molar-refractivity contribution in [2.24, 2.45) is 5.84 Å². The summed E-state index contributed by atoms with van der Waals surface area (Å²) in [5, 5.41) is 1.43. The van der Waals surface area contributed by atoms with Crippen molar-refractivity contribution in [3.63, 3.8) is 0 Å². The van der Waals surface area contributed by atoms with E-state index in [1.165, 1.54) is 5.01 Å². The third kappa shape index (κ3) is 1.81. The number of methoxy groups -OCH3 is 1. The molecule has 11 heavy (non-hydrogen) atoms. The van der Waals surface area contributed by atoms with Crippen LogP contribution in [-0.4, -0.2) is 19.1 Å². The molecule has 0 atom stereocenters. The van der Waals surface area contributed by atoms with E-state index in [1.54, 1.807) is 32.5 Å². The number of hydrazine groups is 1. The number of ether oxygens (including phenoxy) is 1. The van der Waals surface area contributed by atoms with E-state index >= 15 is 0 Å². The zero-order chi connectivity index (χ0) is 8.27. The summed E-state index contributed by atoms with van der Waals surface area (Å²) in [7, 11) is 3.33. The molecule has 1 rings (SSSR count). The predicted molar refractivity (Wildman–Crippen MR) is 43.4 cm³/mol. The Labute approximate surface area is 65.6 Å². The number of rotatable bonds is 2. The second kappa shape index (κ2) is 3.21. The molecule has 0 radical (unpaired) electrons. The molecule has 60 valence electrons. The molecule has 0 aliphatic carbocycles. The molecular weight excluding hydrogens is 142 g/mol. The van der Waals surface area contributed by atoms with Crippen molar-refractivity contribution >= 4 is 5.82 Å². The van der Waals surface area contributed by atoms with Gasteiger partial charge in [-0.1, -0.05) is 0 Å². The van der Waals surface area contributed by atoms with Crippen LogP contribution in [0.5, 0.6) is 5.75 Å². The SMILES string of the molecule is COc1ccnc(N(C)N)c1. The molecule has 0 bridgehead atoms. The lowest BCUT2D eigenvalue weighted by Crippen LogP contribution is -2.25. The predicted octanol–water partition coefficient (Wildman–Crippen LogP) is 0.400. The van der Waals surface area contributed by atoms with Gasteiger partial charge in [0.15, 0.2) is 0 Å². The summed E-state index contributed by atoms with van der Waals surface area (Å²) < 4.78 is 4.98. The van der Waals surface area contributed by atoms with Crippen LogP contribution in [0.4, 0.5) is 5.82 Å². The maximum absolute atomic E-state index is 5.45. The molecule has 0 aliphatic heterocycles. The molecule has 0 aromatic carbocycles. The van der Waals surface area contributed by atoms with E-state index in [9.17, 15) is 0 Å². The van der Waals surface area contributed by atoms with Gasteiger partial charge in [0.05, 0.1) is 7.11 Å². The molecular formula is C7H11N3O. The first-order chi connectivity index (χ1) is 5.24. The van der Waals surface area contributed by atoms with Crippen LogP contribution in [0.2, 0.25) is 0 Å². The average molecular weight is 153 g/mol. The Morgan fingerprint density at radius 2 is 2.36 bits per heavy atom. The number of aromatic nitrogens is 1. The van der Waals surface area contributed by atoms with E-state index in [4.69, 9.17) is 10.6 Å². The summed E-state index contributed by atoms with van der Waals surface area (Å²) in [4.78, 5) is 4.01. The third-order valence-electron chi connectivity index (χ3n) is 1.31. The van der Waals surface area contributed by atoms with Crippen molar-refractivity contribution < 1.29 is 4.74 Å². The first kappa shape index (κ1) is 7.81. The van der Waals surface area contributed by atoms with Crippen molar-refractivity contribution in [3.05, 3.63) is 18.3 Å². The number of hydrogen-bond donors (Lipinski definition) is 1. The highest BCUT2D eigenvalue weighted by Crippen LogP contribution is 2.14. The van der Waals surface area contributed by atoms with E-state index in [1.807, 2.05) is 0 Å². The molecule has 0 aliphatic rings. The summed E-state index contributed by atoms with van der Waals surface area (Å²) >= 11 is 0. The van der Waals surface area contributed by atoms with Crippen LogP contribution in [0.25, 0.3) is 0 Å². The Balaban J connectivity index is 2.91. The summed E-state index contributed by atoms with van der Waals surface area (Å²) in [5.74, 6) is 6.89. The van der Waals surface area contributed by atoms with Gasteiger partial charge < -0.3 is 4.74 Å². The van der Waals surface area contributed by atoms with Gasteiger partial charge in [0, 0.05) is 19.3 Å². The van der Waals surface area contributed by atoms with Gasteiger partial charge >= 0.3 is 0 Å². The van der Waals surface area contributed by atoms with Crippen molar-refractivity contribution in [1.82, 2.24) is 4.98 Å². The third-order valence-corrected chi connectivity index (χ3v) is 1.31. The van der Waals surface area contributed by atoms with Gasteiger partial charge in [-0.05, 0) is 6.07 Å². The van der Waals surface area contributed by atoms with Crippen molar-refractivity contribution in [3.8, 4) is 5.75 Å². The molecule has 0 unspecified atom stereocenters. The number of nitrogens with two attached hydrogens (primary N) is 1. The van der Waals surface area contributed by atoms with E-state index in [0.717, 1.165) is 5.75 Å². The van der Waals surface area contributed by atoms with Gasteiger partial charge in [-0.15, -0.1) is 0 Å². The Morgan fingerprint density at radius 1 is 1.64 bits per heavy atom. The van der Waals surface area contributed by atoms with Gasteiger partial charge in [0.2, 0.25) is 0 Å². The van der Waals surface area contributed by atoms with Crippen LogP contribution in [-0.2, 0) is 0 Å². The molecule has 1 aromatic rings. The fourth-order valence-electron chi connectivity index (χ4n) is 0.720. The summed E-state index contributed by atoms with van der Waals surface area (Å²) in [6.07, 6.45) is 1.65. The largest absolute Gasteiger partial charge is 0.497 e. The minimum atomic E-state index is 0.685. The minimum absolute atomic E-state index is 0.685. The molecule has 4 nitrogen and oxygen atoms in total. The van der Waals surface area contributed by atoms with E-state index < -0.39 is 0 Å². The lowest BCUT2D eigenvalue weighted by molar-refractivity contribution is 0.414. The fourth-order valence-corrected chi connectivity index (χ4v) is 0.720. The first-order valence-electron chi connectivity index (χ1n) is 3.22. The second-order valence-corrected chi connectivity index (χ2v) is 2.16. The monoisotopic (exact) mass is 153 g/mol. The number of hydrogen-bond acceptors (Lipinski definition) is 4. The highest BCUT2D eigenvalue weighted by atomic mass is 16.5. The lowest BCUT2D eigenvalue weighted by Gasteiger charge is -2.10. The van der Waals surface area contributed by atoms with Gasteiger partial charge in [-0.3, -0.25) is 5.01 Å². The smallest absolute Gasteiger partial charge is 0.145 e. The Hall–Kier alpha value is -1.29. The van der Waals surface area contributed by atoms with E-state index in [-0.39, 0.29) is 0 Å². The van der Waals surface area contributed by atoms with Crippen LogP contribution in [0.15, 0.2) is 18.3 Å². The summed E-state index contributed by atoms with van der Waals surface area (Å²) in [6, 6.07) is 3.53. The topological polar surface area (TPSA) is 51.4 Å². The Bertz CT molecular complexity index is 237. The number of anilines is 1. The van der Waals surface area contributed by atoms with Crippen LogP contribution < -0.4 is 15.6 Å². The Morgan fingerprint density at radius 3 is 2.91 bits per heavy atom. The molecule has 0 saturated carbocycles. The lowest BCUT2D eigenvalue weighted by atomic mass is 10.4. The van der Waals surface area contributed by atoms with Crippen molar-refractivity contribution in [2.45, 2.75) is 0 Å². The fraction of sp³-hybridized carbons (Fsp3) is 0.286. The molecule has 2 N–H and O–H groups in total. The van der Waals surface area contributed by atoms with Crippen LogP contribution in [0.3, 0.4) is 0 Å². The maximum atomic E-state index is 5.45. The minimum Gasteiger partial charge on any atom is -0.497 e. The van der Waals surface area contributed by atoms with Crippen LogP contribution >= 0.6 is 0 Å². The second-order valence-electron chi connectivity index (χ2n) is 2.16. The quantitative estimate of drug-likeness (QED) is 0.493.